The van der Waals surface area contributed by atoms with Crippen LogP contribution in [0.25, 0.3) is 82.5 Å². The van der Waals surface area contributed by atoms with E-state index in [4.69, 9.17) is 21.5 Å². The zero-order valence-corrected chi connectivity index (χ0v) is 30.0. The summed E-state index contributed by atoms with van der Waals surface area (Å²) < 4.78 is 0. The van der Waals surface area contributed by atoms with E-state index in [-0.39, 0.29) is 0 Å². The molecule has 4 fully saturated rings. The highest BCUT2D eigenvalue weighted by atomic mass is 15.0. The van der Waals surface area contributed by atoms with Gasteiger partial charge in [-0.25, -0.2) is 19.8 Å². The Morgan fingerprint density at radius 1 is 0.426 bits per heavy atom. The van der Waals surface area contributed by atoms with Crippen molar-refractivity contribution in [2.75, 3.05) is 0 Å². The Hall–Kier alpha value is -6.18. The summed E-state index contributed by atoms with van der Waals surface area (Å²) in [6.07, 6.45) is 8.63. The molecule has 4 heteroatoms. The van der Waals surface area contributed by atoms with Gasteiger partial charge in [0.2, 0.25) is 0 Å². The van der Waals surface area contributed by atoms with Crippen molar-refractivity contribution in [1.29, 1.82) is 0 Å². The first-order valence-electron chi connectivity index (χ1n) is 19.4. The molecule has 0 N–H and O–H groups in total. The average molecular weight is 695 g/mol. The van der Waals surface area contributed by atoms with Gasteiger partial charge in [0.05, 0.1) is 6.57 Å². The van der Waals surface area contributed by atoms with Crippen molar-refractivity contribution >= 4 is 38.0 Å². The van der Waals surface area contributed by atoms with Crippen LogP contribution in [0.2, 0.25) is 0 Å². The first-order valence-corrected chi connectivity index (χ1v) is 19.4. The Bertz CT molecular complexity index is 2740. The maximum Gasteiger partial charge on any atom is 0.187 e. The lowest BCUT2D eigenvalue weighted by atomic mass is 9.48. The molecule has 1 aromatic heterocycles. The zero-order valence-electron chi connectivity index (χ0n) is 30.0. The molecular weight excluding hydrogens is 657 g/mol. The van der Waals surface area contributed by atoms with E-state index in [9.17, 15) is 0 Å². The molecule has 1 heterocycles. The van der Waals surface area contributed by atoms with Crippen LogP contribution in [-0.2, 0) is 5.41 Å². The summed E-state index contributed by atoms with van der Waals surface area (Å²) in [5.41, 5.74) is 7.83. The number of benzene rings is 7. The molecule has 0 amide bonds. The van der Waals surface area contributed by atoms with Crippen LogP contribution in [0.15, 0.2) is 140 Å². The molecular formula is C50H38N4. The van der Waals surface area contributed by atoms with Crippen molar-refractivity contribution in [2.45, 2.75) is 43.9 Å². The Kier molecular flexibility index (Phi) is 7.07. The van der Waals surface area contributed by atoms with E-state index in [1.54, 1.807) is 5.56 Å². The van der Waals surface area contributed by atoms with Crippen LogP contribution in [0.1, 0.15) is 44.1 Å². The smallest absolute Gasteiger partial charge is 0.187 e. The van der Waals surface area contributed by atoms with Gasteiger partial charge in [-0.05, 0) is 123 Å². The second-order valence-electron chi connectivity index (χ2n) is 16.2. The quantitative estimate of drug-likeness (QED) is 0.133. The van der Waals surface area contributed by atoms with Crippen molar-refractivity contribution in [3.63, 3.8) is 0 Å². The molecule has 4 aliphatic carbocycles. The highest BCUT2D eigenvalue weighted by molar-refractivity contribution is 6.26. The SMILES string of the molecule is [C-]#[N+]c1ccc(-c2nc(-c3ccccc3)nc(-c3ccc4c5ccc(-c6ccc(C78CC9CC(CC(C9)C7)C8)cc6)cc5c5ccccc5c4c3)n2)cc1. The third kappa shape index (κ3) is 5.14. The van der Waals surface area contributed by atoms with Gasteiger partial charge in [0, 0.05) is 16.7 Å². The molecule has 4 nitrogen and oxygen atoms in total. The van der Waals surface area contributed by atoms with Gasteiger partial charge in [-0.1, -0.05) is 127 Å². The van der Waals surface area contributed by atoms with Gasteiger partial charge in [-0.15, -0.1) is 0 Å². The van der Waals surface area contributed by atoms with Crippen molar-refractivity contribution in [3.8, 4) is 45.3 Å². The normalized spacial score (nSPS) is 21.5. The number of hydrogen-bond acceptors (Lipinski definition) is 3. The number of fused-ring (bicyclic) bond motifs is 6. The zero-order chi connectivity index (χ0) is 35.8. The molecule has 54 heavy (non-hydrogen) atoms. The first-order chi connectivity index (χ1) is 26.6. The van der Waals surface area contributed by atoms with Crippen molar-refractivity contribution in [1.82, 2.24) is 15.0 Å². The van der Waals surface area contributed by atoms with Crippen molar-refractivity contribution in [3.05, 3.63) is 157 Å². The van der Waals surface area contributed by atoms with Crippen LogP contribution in [0.5, 0.6) is 0 Å². The monoisotopic (exact) mass is 694 g/mol. The van der Waals surface area contributed by atoms with Crippen LogP contribution in [0, 0.1) is 24.3 Å². The fourth-order valence-corrected chi connectivity index (χ4v) is 10.8. The van der Waals surface area contributed by atoms with Crippen LogP contribution in [0.4, 0.5) is 5.69 Å². The Morgan fingerprint density at radius 2 is 0.870 bits per heavy atom. The van der Waals surface area contributed by atoms with Gasteiger partial charge in [0.25, 0.3) is 0 Å². The van der Waals surface area contributed by atoms with Crippen LogP contribution < -0.4 is 0 Å². The topological polar surface area (TPSA) is 43.0 Å². The van der Waals surface area contributed by atoms with Crippen molar-refractivity contribution in [2.24, 2.45) is 17.8 Å². The van der Waals surface area contributed by atoms with Crippen LogP contribution in [-0.4, -0.2) is 15.0 Å². The van der Waals surface area contributed by atoms with E-state index in [0.717, 1.165) is 34.4 Å². The van der Waals surface area contributed by atoms with Gasteiger partial charge in [-0.3, -0.25) is 0 Å². The second kappa shape index (κ2) is 12.2. The predicted molar refractivity (Wildman–Crippen MR) is 220 cm³/mol. The molecule has 0 aliphatic heterocycles. The van der Waals surface area contributed by atoms with E-state index in [1.165, 1.54) is 82.0 Å². The summed E-state index contributed by atoms with van der Waals surface area (Å²) in [5, 5.41) is 7.35. The first kappa shape index (κ1) is 31.4. The van der Waals surface area contributed by atoms with E-state index in [1.807, 2.05) is 54.6 Å². The highest BCUT2D eigenvalue weighted by Gasteiger charge is 2.51. The molecule has 7 aromatic carbocycles. The number of nitrogens with zero attached hydrogens (tertiary/aromatic N) is 4. The Balaban J connectivity index is 1.01. The van der Waals surface area contributed by atoms with E-state index < -0.39 is 0 Å². The summed E-state index contributed by atoms with van der Waals surface area (Å²) >= 11 is 0. The Morgan fingerprint density at radius 3 is 1.44 bits per heavy atom. The molecule has 0 atom stereocenters. The van der Waals surface area contributed by atoms with Gasteiger partial charge in [-0.2, -0.15) is 0 Å². The predicted octanol–water partition coefficient (Wildman–Crippen LogP) is 13.0. The molecule has 0 saturated heterocycles. The molecule has 4 saturated carbocycles. The summed E-state index contributed by atoms with van der Waals surface area (Å²) in [6.45, 7) is 7.38. The maximum absolute atomic E-state index is 7.38. The molecule has 4 bridgehead atoms. The molecule has 4 aliphatic rings. The van der Waals surface area contributed by atoms with Gasteiger partial charge < -0.3 is 0 Å². The minimum absolute atomic E-state index is 0.418. The number of rotatable bonds is 5. The third-order valence-electron chi connectivity index (χ3n) is 12.9. The molecule has 0 spiro atoms. The Labute approximate surface area is 315 Å². The molecule has 0 unspecified atom stereocenters. The lowest BCUT2D eigenvalue weighted by Gasteiger charge is -2.57. The number of aromatic nitrogens is 3. The molecule has 0 radical (unpaired) electrons. The van der Waals surface area contributed by atoms with Crippen LogP contribution in [0.3, 0.4) is 0 Å². The van der Waals surface area contributed by atoms with Gasteiger partial charge in [0.15, 0.2) is 23.2 Å². The average Bonchev–Trinajstić information content (AvgIpc) is 3.23. The lowest BCUT2D eigenvalue weighted by Crippen LogP contribution is -2.48. The van der Waals surface area contributed by atoms with Gasteiger partial charge >= 0.3 is 0 Å². The van der Waals surface area contributed by atoms with E-state index in [0.29, 0.717) is 28.6 Å². The molecule has 12 rings (SSSR count). The standard InChI is InChI=1S/C50H38N4/c1-51-40-19-13-36(14-20-40)48-52-47(35-7-3-2-4-8-35)53-49(54-48)38-16-22-44-43-21-15-37(26-45(43)41-9-5-6-10-42(41)46(44)27-38)34-11-17-39(18-12-34)50-28-31-23-32(29-50)25-33(24-31)30-50/h2-22,26-27,31-33H,23-25,28-30H2. The fraction of sp³-hybridized carbons (Fsp3) is 0.200. The highest BCUT2D eigenvalue weighted by Crippen LogP contribution is 2.60. The van der Waals surface area contributed by atoms with Gasteiger partial charge in [0.1, 0.15) is 0 Å². The summed E-state index contributed by atoms with van der Waals surface area (Å²) in [7, 11) is 0. The summed E-state index contributed by atoms with van der Waals surface area (Å²) in [5.74, 6) is 4.67. The van der Waals surface area contributed by atoms with E-state index in [2.05, 4.69) is 89.8 Å². The van der Waals surface area contributed by atoms with Crippen molar-refractivity contribution < 1.29 is 0 Å². The van der Waals surface area contributed by atoms with Crippen LogP contribution >= 0.6 is 0 Å². The summed E-state index contributed by atoms with van der Waals surface area (Å²) in [6, 6.07) is 49.6. The number of hydrogen-bond donors (Lipinski definition) is 0. The lowest BCUT2D eigenvalue weighted by molar-refractivity contribution is -0.00518. The minimum atomic E-state index is 0.418. The summed E-state index contributed by atoms with van der Waals surface area (Å²) in [4.78, 5) is 18.5. The molecule has 258 valence electrons. The molecule has 8 aromatic rings. The maximum atomic E-state index is 7.38. The largest absolute Gasteiger partial charge is 0.238 e. The minimum Gasteiger partial charge on any atom is -0.238 e. The third-order valence-corrected chi connectivity index (χ3v) is 12.9. The fourth-order valence-electron chi connectivity index (χ4n) is 10.8. The second-order valence-corrected chi connectivity index (χ2v) is 16.2. The van der Waals surface area contributed by atoms with E-state index >= 15 is 0 Å².